The zero-order valence-corrected chi connectivity index (χ0v) is 18.4. The molecule has 1 aliphatic carbocycles. The van der Waals surface area contributed by atoms with Crippen molar-refractivity contribution in [2.24, 2.45) is 5.92 Å². The van der Waals surface area contributed by atoms with E-state index in [1.807, 2.05) is 0 Å². The van der Waals surface area contributed by atoms with E-state index < -0.39 is 23.8 Å². The molecule has 0 amide bonds. The Morgan fingerprint density at radius 2 is 1.69 bits per heavy atom. The number of ether oxygens (including phenoxy) is 4. The predicted octanol–water partition coefficient (Wildman–Crippen LogP) is 2.57. The quantitative estimate of drug-likeness (QED) is 0.477. The number of nitrogens with zero attached hydrogens (tertiary/aromatic N) is 1. The molecule has 0 bridgehead atoms. The molecule has 0 radical (unpaired) electrons. The van der Waals surface area contributed by atoms with Gasteiger partial charge in [-0.05, 0) is 73.1 Å². The predicted molar refractivity (Wildman–Crippen MR) is 106 cm³/mol. The molecule has 2 fully saturated rings. The first-order valence-electron chi connectivity index (χ1n) is 10.8. The lowest BCUT2D eigenvalue weighted by Crippen LogP contribution is -2.56. The molecule has 2 unspecified atom stereocenters. The highest BCUT2D eigenvalue weighted by Gasteiger charge is 2.45. The number of hydrogen-bond acceptors (Lipinski definition) is 8. The summed E-state index contributed by atoms with van der Waals surface area (Å²) >= 11 is 0. The third-order valence-corrected chi connectivity index (χ3v) is 5.19. The summed E-state index contributed by atoms with van der Waals surface area (Å²) in [6.07, 6.45) is 1.11. The van der Waals surface area contributed by atoms with E-state index in [4.69, 9.17) is 18.9 Å². The molecule has 168 valence electrons. The van der Waals surface area contributed by atoms with Crippen molar-refractivity contribution < 1.29 is 33.6 Å². The van der Waals surface area contributed by atoms with Crippen LogP contribution >= 0.6 is 0 Å². The van der Waals surface area contributed by atoms with Gasteiger partial charge in [-0.1, -0.05) is 0 Å². The van der Waals surface area contributed by atoms with E-state index >= 15 is 0 Å². The first kappa shape index (κ1) is 24.1. The van der Waals surface area contributed by atoms with Crippen LogP contribution in [-0.2, 0) is 28.5 Å². The van der Waals surface area contributed by atoms with Crippen LogP contribution in [0.4, 0.5) is 0 Å². The largest absolute Gasteiger partial charge is 0.466 e. The summed E-state index contributed by atoms with van der Waals surface area (Å²) in [6.45, 7) is 10.3. The molecule has 1 saturated carbocycles. The third-order valence-electron chi connectivity index (χ3n) is 5.19. The number of aliphatic hydroxyl groups is 1. The number of rotatable bonds is 8. The first-order chi connectivity index (χ1) is 13.5. The number of likely N-dealkylation sites (tertiary alicyclic amines) is 1. The minimum atomic E-state index is -1.99. The van der Waals surface area contributed by atoms with Gasteiger partial charge in [-0.3, -0.25) is 9.53 Å². The molecule has 1 N–H and O–H groups in total. The fourth-order valence-electron chi connectivity index (χ4n) is 3.73. The molecule has 1 heterocycles. The van der Waals surface area contributed by atoms with Gasteiger partial charge in [-0.15, -0.1) is 0 Å². The number of esters is 2. The lowest BCUT2D eigenvalue weighted by Gasteiger charge is -2.40. The van der Waals surface area contributed by atoms with Crippen LogP contribution in [0.25, 0.3) is 0 Å². The Kier molecular flexibility index (Phi) is 8.46. The van der Waals surface area contributed by atoms with Crippen molar-refractivity contribution in [3.8, 4) is 0 Å². The topological polar surface area (TPSA) is 94.5 Å². The summed E-state index contributed by atoms with van der Waals surface area (Å²) in [6, 6.07) is 0. The van der Waals surface area contributed by atoms with Gasteiger partial charge in [0.1, 0.15) is 5.60 Å². The van der Waals surface area contributed by atoms with Crippen LogP contribution in [0, 0.1) is 5.92 Å². The summed E-state index contributed by atoms with van der Waals surface area (Å²) in [5.41, 5.74) is -0.646. The second-order valence-corrected chi connectivity index (χ2v) is 8.88. The van der Waals surface area contributed by atoms with Crippen molar-refractivity contribution in [2.45, 2.75) is 97.0 Å². The van der Waals surface area contributed by atoms with E-state index in [-0.39, 0.29) is 18.0 Å². The molecular formula is C21H37NO7. The average molecular weight is 416 g/mol. The first-order valence-corrected chi connectivity index (χ1v) is 10.8. The van der Waals surface area contributed by atoms with E-state index in [9.17, 15) is 14.7 Å². The van der Waals surface area contributed by atoms with E-state index in [0.717, 1.165) is 12.8 Å². The minimum Gasteiger partial charge on any atom is -0.466 e. The van der Waals surface area contributed by atoms with Crippen molar-refractivity contribution in [2.75, 3.05) is 19.7 Å². The van der Waals surface area contributed by atoms with Crippen LogP contribution in [0.1, 0.15) is 73.1 Å². The van der Waals surface area contributed by atoms with Crippen molar-refractivity contribution in [3.63, 3.8) is 0 Å². The van der Waals surface area contributed by atoms with Crippen LogP contribution in [0.3, 0.4) is 0 Å². The van der Waals surface area contributed by atoms with Crippen molar-refractivity contribution in [1.29, 1.82) is 0 Å². The van der Waals surface area contributed by atoms with Crippen LogP contribution in [0.15, 0.2) is 0 Å². The maximum absolute atomic E-state index is 12.3. The molecule has 29 heavy (non-hydrogen) atoms. The summed E-state index contributed by atoms with van der Waals surface area (Å²) in [5.74, 6) is -0.850. The number of carbonyl (C=O) groups excluding carboxylic acids is 2. The molecule has 2 atom stereocenters. The SMILES string of the molecule is CCOC(=O)C1CCC(OC(O)(OC(C)C(=O)OC(C)(C)C)N2CCCC2)CC1. The Morgan fingerprint density at radius 3 is 2.21 bits per heavy atom. The van der Waals surface area contributed by atoms with Gasteiger partial charge in [0.2, 0.25) is 0 Å². The Bertz CT molecular complexity index is 548. The lowest BCUT2D eigenvalue weighted by molar-refractivity contribution is -0.448. The maximum atomic E-state index is 12.3. The Hall–Kier alpha value is -1.22. The van der Waals surface area contributed by atoms with Gasteiger partial charge in [0.15, 0.2) is 6.10 Å². The fraction of sp³-hybridized carbons (Fsp3) is 0.905. The Morgan fingerprint density at radius 1 is 1.10 bits per heavy atom. The van der Waals surface area contributed by atoms with Crippen molar-refractivity contribution in [1.82, 2.24) is 4.90 Å². The highest BCUT2D eigenvalue weighted by atomic mass is 16.9. The van der Waals surface area contributed by atoms with E-state index in [0.29, 0.717) is 45.4 Å². The second kappa shape index (κ2) is 10.2. The van der Waals surface area contributed by atoms with Crippen LogP contribution < -0.4 is 0 Å². The average Bonchev–Trinajstić information content (AvgIpc) is 3.16. The maximum Gasteiger partial charge on any atom is 0.352 e. The molecule has 2 rings (SSSR count). The third kappa shape index (κ3) is 7.20. The van der Waals surface area contributed by atoms with Gasteiger partial charge in [-0.2, -0.15) is 0 Å². The Labute approximate surface area is 173 Å². The van der Waals surface area contributed by atoms with Crippen molar-refractivity contribution >= 4 is 11.9 Å². The summed E-state index contributed by atoms with van der Waals surface area (Å²) < 4.78 is 22.2. The van der Waals surface area contributed by atoms with E-state index in [1.54, 1.807) is 39.5 Å². The standard InChI is InChI=1S/C21H37NO7/c1-6-26-19(24)16-9-11-17(12-10-16)28-21(25,22-13-7-8-14-22)27-15(2)18(23)29-20(3,4)5/h15-17,25H,6-14H2,1-5H3. The normalized spacial score (nSPS) is 26.6. The molecule has 0 aromatic heterocycles. The van der Waals surface area contributed by atoms with E-state index in [2.05, 4.69) is 0 Å². The summed E-state index contributed by atoms with van der Waals surface area (Å²) in [4.78, 5) is 26.0. The number of hydrogen-bond donors (Lipinski definition) is 1. The van der Waals surface area contributed by atoms with E-state index in [1.165, 1.54) is 0 Å². The monoisotopic (exact) mass is 415 g/mol. The van der Waals surface area contributed by atoms with Crippen molar-refractivity contribution in [3.05, 3.63) is 0 Å². The van der Waals surface area contributed by atoms with Gasteiger partial charge in [0, 0.05) is 13.1 Å². The zero-order chi connectivity index (χ0) is 21.7. The second-order valence-electron chi connectivity index (χ2n) is 8.88. The van der Waals surface area contributed by atoms with Gasteiger partial charge in [0.05, 0.1) is 18.6 Å². The van der Waals surface area contributed by atoms with Gasteiger partial charge >= 0.3 is 18.0 Å². The van der Waals surface area contributed by atoms with Gasteiger partial charge in [-0.25, -0.2) is 9.69 Å². The lowest BCUT2D eigenvalue weighted by atomic mass is 9.87. The minimum absolute atomic E-state index is 0.128. The summed E-state index contributed by atoms with van der Waals surface area (Å²) in [5, 5.41) is 11.2. The molecule has 1 aliphatic heterocycles. The Balaban J connectivity index is 1.99. The molecule has 0 spiro atoms. The highest BCUT2D eigenvalue weighted by Crippen LogP contribution is 2.33. The highest BCUT2D eigenvalue weighted by molar-refractivity contribution is 5.74. The molecule has 8 heteroatoms. The molecule has 0 aromatic rings. The summed E-state index contributed by atoms with van der Waals surface area (Å²) in [7, 11) is 0. The number of carbonyl (C=O) groups is 2. The molecule has 8 nitrogen and oxygen atoms in total. The van der Waals surface area contributed by atoms with Crippen LogP contribution in [0.2, 0.25) is 0 Å². The fourth-order valence-corrected chi connectivity index (χ4v) is 3.73. The molecule has 0 aromatic carbocycles. The molecule has 2 aliphatic rings. The smallest absolute Gasteiger partial charge is 0.352 e. The van der Waals surface area contributed by atoms with Gasteiger partial charge < -0.3 is 19.3 Å². The van der Waals surface area contributed by atoms with Crippen LogP contribution in [-0.4, -0.2) is 65.5 Å². The van der Waals surface area contributed by atoms with Crippen LogP contribution in [0.5, 0.6) is 0 Å². The zero-order valence-electron chi connectivity index (χ0n) is 18.4. The molecular weight excluding hydrogens is 378 g/mol. The molecule has 1 saturated heterocycles. The van der Waals surface area contributed by atoms with Gasteiger partial charge in [0.25, 0.3) is 0 Å².